The van der Waals surface area contributed by atoms with Crippen LogP contribution in [0.15, 0.2) is 22.5 Å². The van der Waals surface area contributed by atoms with Crippen molar-refractivity contribution in [1.82, 2.24) is 15.5 Å². The summed E-state index contributed by atoms with van der Waals surface area (Å²) >= 11 is 1.79. The quantitative estimate of drug-likeness (QED) is 0.614. The molecular formula is C20H32N4OS. The molecule has 1 amide bonds. The van der Waals surface area contributed by atoms with Crippen molar-refractivity contribution in [2.75, 3.05) is 26.7 Å². The van der Waals surface area contributed by atoms with Crippen molar-refractivity contribution in [3.8, 4) is 0 Å². The van der Waals surface area contributed by atoms with Crippen molar-refractivity contribution in [2.45, 2.75) is 57.4 Å². The van der Waals surface area contributed by atoms with Crippen molar-refractivity contribution in [3.05, 3.63) is 22.4 Å². The standard InChI is InChI=1S/C20H32N4OS/c1-20(2,17-9-6-12-26-17)14-22-19(21-3)23-16-10-11-24(13-16)18(25)15-7-4-5-8-15/h6,9,12,15-16H,4-5,7-8,10-11,13-14H2,1-3H3,(H2,21,22,23). The fraction of sp³-hybridized carbons (Fsp3) is 0.700. The smallest absolute Gasteiger partial charge is 0.225 e. The van der Waals surface area contributed by atoms with E-state index >= 15 is 0 Å². The zero-order chi connectivity index (χ0) is 18.6. The van der Waals surface area contributed by atoms with Crippen LogP contribution >= 0.6 is 11.3 Å². The number of likely N-dealkylation sites (tertiary alicyclic amines) is 1. The van der Waals surface area contributed by atoms with Gasteiger partial charge in [-0.1, -0.05) is 32.8 Å². The molecule has 26 heavy (non-hydrogen) atoms. The number of nitrogens with one attached hydrogen (secondary N) is 2. The third kappa shape index (κ3) is 4.58. The van der Waals surface area contributed by atoms with Gasteiger partial charge in [0, 0.05) is 48.9 Å². The van der Waals surface area contributed by atoms with Crippen LogP contribution in [0.5, 0.6) is 0 Å². The van der Waals surface area contributed by atoms with Crippen molar-refractivity contribution in [3.63, 3.8) is 0 Å². The SMILES string of the molecule is CN=C(NCC(C)(C)c1cccs1)NC1CCN(C(=O)C2CCCC2)C1. The number of thiophene rings is 1. The monoisotopic (exact) mass is 376 g/mol. The van der Waals surface area contributed by atoms with Crippen molar-refractivity contribution in [1.29, 1.82) is 0 Å². The molecule has 0 bridgehead atoms. The first-order valence-electron chi connectivity index (χ1n) is 9.79. The second-order valence-corrected chi connectivity index (χ2v) is 9.13. The number of carbonyl (C=O) groups is 1. The van der Waals surface area contributed by atoms with Crippen LogP contribution in [-0.2, 0) is 10.2 Å². The largest absolute Gasteiger partial charge is 0.356 e. The Hall–Kier alpha value is -1.56. The molecule has 2 aliphatic rings. The van der Waals surface area contributed by atoms with E-state index < -0.39 is 0 Å². The number of hydrogen-bond donors (Lipinski definition) is 2. The topological polar surface area (TPSA) is 56.7 Å². The molecule has 2 N–H and O–H groups in total. The van der Waals surface area contributed by atoms with Gasteiger partial charge >= 0.3 is 0 Å². The Morgan fingerprint density at radius 2 is 2.12 bits per heavy atom. The Balaban J connectivity index is 1.47. The number of nitrogens with zero attached hydrogens (tertiary/aromatic N) is 2. The molecule has 3 rings (SSSR count). The van der Waals surface area contributed by atoms with Gasteiger partial charge < -0.3 is 15.5 Å². The van der Waals surface area contributed by atoms with Crippen LogP contribution < -0.4 is 10.6 Å². The van der Waals surface area contributed by atoms with Crippen molar-refractivity contribution < 1.29 is 4.79 Å². The number of rotatable bonds is 5. The van der Waals surface area contributed by atoms with Crippen LogP contribution in [0.2, 0.25) is 0 Å². The summed E-state index contributed by atoms with van der Waals surface area (Å²) in [6.45, 7) is 6.98. The zero-order valence-corrected chi connectivity index (χ0v) is 17.1. The van der Waals surface area contributed by atoms with E-state index in [0.717, 1.165) is 44.9 Å². The molecule has 1 saturated heterocycles. The van der Waals surface area contributed by atoms with Crippen LogP contribution in [0.1, 0.15) is 50.8 Å². The lowest BCUT2D eigenvalue weighted by Crippen LogP contribution is -2.48. The molecule has 0 aromatic carbocycles. The van der Waals surface area contributed by atoms with Gasteiger partial charge in [-0.2, -0.15) is 0 Å². The summed E-state index contributed by atoms with van der Waals surface area (Å²) in [4.78, 5) is 20.4. The van der Waals surface area contributed by atoms with E-state index in [2.05, 4.69) is 51.9 Å². The molecule has 1 aromatic heterocycles. The molecule has 2 heterocycles. The van der Waals surface area contributed by atoms with Gasteiger partial charge in [0.15, 0.2) is 5.96 Å². The molecular weight excluding hydrogens is 344 g/mol. The van der Waals surface area contributed by atoms with Crippen molar-refractivity contribution in [2.24, 2.45) is 10.9 Å². The summed E-state index contributed by atoms with van der Waals surface area (Å²) < 4.78 is 0. The van der Waals surface area contributed by atoms with Crippen LogP contribution in [0.25, 0.3) is 0 Å². The van der Waals surface area contributed by atoms with Gasteiger partial charge in [-0.15, -0.1) is 11.3 Å². The average molecular weight is 377 g/mol. The molecule has 0 spiro atoms. The molecule has 1 aromatic rings. The van der Waals surface area contributed by atoms with Crippen LogP contribution in [0, 0.1) is 5.92 Å². The fourth-order valence-electron chi connectivity index (χ4n) is 3.95. The lowest BCUT2D eigenvalue weighted by atomic mass is 9.91. The minimum absolute atomic E-state index is 0.0614. The number of hydrogen-bond acceptors (Lipinski definition) is 3. The molecule has 144 valence electrons. The third-order valence-corrected chi connectivity index (χ3v) is 6.89. The van der Waals surface area contributed by atoms with E-state index in [1.165, 1.54) is 17.7 Å². The molecule has 6 heteroatoms. The Morgan fingerprint density at radius 3 is 2.77 bits per heavy atom. The first-order valence-corrected chi connectivity index (χ1v) is 10.7. The highest BCUT2D eigenvalue weighted by Gasteiger charge is 2.32. The van der Waals surface area contributed by atoms with Gasteiger partial charge in [0.1, 0.15) is 0 Å². The van der Waals surface area contributed by atoms with Crippen LogP contribution in [0.4, 0.5) is 0 Å². The Morgan fingerprint density at radius 1 is 1.35 bits per heavy atom. The predicted molar refractivity (Wildman–Crippen MR) is 109 cm³/mol. The van der Waals surface area contributed by atoms with E-state index in [4.69, 9.17) is 0 Å². The summed E-state index contributed by atoms with van der Waals surface area (Å²) in [5, 5.41) is 9.10. The summed E-state index contributed by atoms with van der Waals surface area (Å²) in [5.41, 5.74) is 0.0614. The fourth-order valence-corrected chi connectivity index (χ4v) is 4.80. The highest BCUT2D eigenvalue weighted by atomic mass is 32.1. The molecule has 5 nitrogen and oxygen atoms in total. The minimum atomic E-state index is 0.0614. The summed E-state index contributed by atoms with van der Waals surface area (Å²) in [6, 6.07) is 4.58. The Labute approximate surface area is 161 Å². The number of aliphatic imine (C=N–C) groups is 1. The summed E-state index contributed by atoms with van der Waals surface area (Å²) in [7, 11) is 1.81. The molecule has 1 aliphatic carbocycles. The second-order valence-electron chi connectivity index (χ2n) is 8.18. The first kappa shape index (κ1) is 19.2. The van der Waals surface area contributed by atoms with Gasteiger partial charge in [0.25, 0.3) is 0 Å². The normalized spacial score (nSPS) is 22.0. The average Bonchev–Trinajstić information content (AvgIpc) is 3.40. The maximum atomic E-state index is 12.6. The molecule has 1 aliphatic heterocycles. The highest BCUT2D eigenvalue weighted by Crippen LogP contribution is 2.28. The summed E-state index contributed by atoms with van der Waals surface area (Å²) in [5.74, 6) is 1.47. The van der Waals surface area contributed by atoms with Crippen LogP contribution in [-0.4, -0.2) is 49.5 Å². The maximum absolute atomic E-state index is 12.6. The van der Waals surface area contributed by atoms with Gasteiger partial charge in [0.05, 0.1) is 0 Å². The Bertz CT molecular complexity index is 620. The van der Waals surface area contributed by atoms with E-state index in [0.29, 0.717) is 5.91 Å². The summed E-state index contributed by atoms with van der Waals surface area (Å²) in [6.07, 6.45) is 5.57. The first-order chi connectivity index (χ1) is 12.5. The minimum Gasteiger partial charge on any atom is -0.356 e. The molecule has 1 saturated carbocycles. The van der Waals surface area contributed by atoms with Gasteiger partial charge in [-0.3, -0.25) is 9.79 Å². The van der Waals surface area contributed by atoms with Gasteiger partial charge in [-0.25, -0.2) is 0 Å². The van der Waals surface area contributed by atoms with E-state index in [9.17, 15) is 4.79 Å². The second kappa shape index (κ2) is 8.42. The number of carbonyl (C=O) groups excluding carboxylic acids is 1. The highest BCUT2D eigenvalue weighted by molar-refractivity contribution is 7.10. The Kier molecular flexibility index (Phi) is 6.22. The number of guanidine groups is 1. The number of amides is 1. The van der Waals surface area contributed by atoms with Gasteiger partial charge in [-0.05, 0) is 30.7 Å². The molecule has 2 fully saturated rings. The van der Waals surface area contributed by atoms with Gasteiger partial charge in [0.2, 0.25) is 5.91 Å². The molecule has 1 unspecified atom stereocenters. The van der Waals surface area contributed by atoms with E-state index in [1.807, 2.05) is 7.05 Å². The lowest BCUT2D eigenvalue weighted by Gasteiger charge is -2.26. The van der Waals surface area contributed by atoms with Crippen LogP contribution in [0.3, 0.4) is 0 Å². The third-order valence-electron chi connectivity index (χ3n) is 5.65. The van der Waals surface area contributed by atoms with E-state index in [-0.39, 0.29) is 17.4 Å². The molecule has 1 atom stereocenters. The maximum Gasteiger partial charge on any atom is 0.225 e. The predicted octanol–water partition coefficient (Wildman–Crippen LogP) is 2.98. The molecule has 0 radical (unpaired) electrons. The zero-order valence-electron chi connectivity index (χ0n) is 16.3. The van der Waals surface area contributed by atoms with Crippen molar-refractivity contribution >= 4 is 23.2 Å². The lowest BCUT2D eigenvalue weighted by molar-refractivity contribution is -0.134. The van der Waals surface area contributed by atoms with E-state index in [1.54, 1.807) is 11.3 Å².